The topological polar surface area (TPSA) is 51.1 Å². The van der Waals surface area contributed by atoms with Gasteiger partial charge in [0.1, 0.15) is 12.1 Å². The van der Waals surface area contributed by atoms with E-state index in [9.17, 15) is 22.8 Å². The molecule has 0 aliphatic carbocycles. The molecule has 0 aliphatic heterocycles. The van der Waals surface area contributed by atoms with Crippen LogP contribution in [0.4, 0.5) is 13.2 Å². The van der Waals surface area contributed by atoms with Crippen LogP contribution in [-0.2, 0) is 24.1 Å². The van der Waals surface area contributed by atoms with Crippen molar-refractivity contribution in [3.63, 3.8) is 0 Å². The van der Waals surface area contributed by atoms with Gasteiger partial charge in [-0.1, -0.05) is 29.8 Å². The van der Waals surface area contributed by atoms with Crippen LogP contribution in [0.25, 0.3) is 0 Å². The standard InChI is InChI=1S/C16H15F3N2O2/c1-11-4-6-12(7-5-11)9-20-14(22)10-21-8-2-3-13(15(21)23)16(17,18)19/h2-8H,9-10H2,1H3,(H,20,22). The molecule has 2 rings (SSSR count). The average Bonchev–Trinajstić information content (AvgIpc) is 2.47. The SMILES string of the molecule is Cc1ccc(CNC(=O)Cn2cccc(C(F)(F)F)c2=O)cc1. The lowest BCUT2D eigenvalue weighted by Crippen LogP contribution is -2.34. The normalized spacial score (nSPS) is 11.3. The summed E-state index contributed by atoms with van der Waals surface area (Å²) in [4.78, 5) is 23.5. The maximum atomic E-state index is 12.7. The van der Waals surface area contributed by atoms with E-state index in [1.54, 1.807) is 0 Å². The summed E-state index contributed by atoms with van der Waals surface area (Å²) in [7, 11) is 0. The zero-order valence-corrected chi connectivity index (χ0v) is 12.4. The molecule has 0 bridgehead atoms. The Labute approximate surface area is 130 Å². The second kappa shape index (κ2) is 6.68. The lowest BCUT2D eigenvalue weighted by molar-refractivity contribution is -0.139. The van der Waals surface area contributed by atoms with Gasteiger partial charge in [0.2, 0.25) is 5.91 Å². The molecule has 0 unspecified atom stereocenters. The van der Waals surface area contributed by atoms with Crippen molar-refractivity contribution < 1.29 is 18.0 Å². The highest BCUT2D eigenvalue weighted by Gasteiger charge is 2.34. The van der Waals surface area contributed by atoms with Crippen molar-refractivity contribution in [2.75, 3.05) is 0 Å². The molecule has 2 aromatic rings. The van der Waals surface area contributed by atoms with Crippen LogP contribution < -0.4 is 10.9 Å². The fourth-order valence-corrected chi connectivity index (χ4v) is 1.99. The fourth-order valence-electron chi connectivity index (χ4n) is 1.99. The van der Waals surface area contributed by atoms with Crippen LogP contribution in [0.1, 0.15) is 16.7 Å². The number of nitrogens with zero attached hydrogens (tertiary/aromatic N) is 1. The molecular weight excluding hydrogens is 309 g/mol. The quantitative estimate of drug-likeness (QED) is 0.939. The molecule has 0 atom stereocenters. The molecule has 1 heterocycles. The van der Waals surface area contributed by atoms with Crippen molar-refractivity contribution in [1.29, 1.82) is 0 Å². The van der Waals surface area contributed by atoms with E-state index < -0.39 is 29.8 Å². The van der Waals surface area contributed by atoms with Crippen LogP contribution in [0.3, 0.4) is 0 Å². The number of hydrogen-bond acceptors (Lipinski definition) is 2. The first kappa shape index (κ1) is 16.8. The van der Waals surface area contributed by atoms with Crippen molar-refractivity contribution in [3.05, 3.63) is 69.6 Å². The van der Waals surface area contributed by atoms with Crippen LogP contribution >= 0.6 is 0 Å². The number of carbonyl (C=O) groups excluding carboxylic acids is 1. The molecule has 1 N–H and O–H groups in total. The second-order valence-electron chi connectivity index (χ2n) is 5.12. The van der Waals surface area contributed by atoms with Gasteiger partial charge in [-0.15, -0.1) is 0 Å². The number of nitrogens with one attached hydrogen (secondary N) is 1. The predicted octanol–water partition coefficient (Wildman–Crippen LogP) is 2.49. The summed E-state index contributed by atoms with van der Waals surface area (Å²) in [6.45, 7) is 1.71. The first-order valence-electron chi connectivity index (χ1n) is 6.86. The Morgan fingerprint density at radius 1 is 1.17 bits per heavy atom. The lowest BCUT2D eigenvalue weighted by Gasteiger charge is -2.10. The summed E-state index contributed by atoms with van der Waals surface area (Å²) in [5, 5.41) is 2.57. The van der Waals surface area contributed by atoms with Crippen molar-refractivity contribution in [1.82, 2.24) is 9.88 Å². The smallest absolute Gasteiger partial charge is 0.350 e. The Kier molecular flexibility index (Phi) is 4.88. The minimum atomic E-state index is -4.74. The van der Waals surface area contributed by atoms with Gasteiger partial charge in [-0.2, -0.15) is 13.2 Å². The van der Waals surface area contributed by atoms with Crippen LogP contribution in [0.2, 0.25) is 0 Å². The van der Waals surface area contributed by atoms with E-state index in [0.29, 0.717) is 6.07 Å². The molecule has 23 heavy (non-hydrogen) atoms. The fraction of sp³-hybridized carbons (Fsp3) is 0.250. The highest BCUT2D eigenvalue weighted by molar-refractivity contribution is 5.75. The number of hydrogen-bond donors (Lipinski definition) is 1. The molecule has 1 aromatic carbocycles. The van der Waals surface area contributed by atoms with Crippen molar-refractivity contribution >= 4 is 5.91 Å². The third-order valence-corrected chi connectivity index (χ3v) is 3.25. The molecule has 0 saturated heterocycles. The zero-order chi connectivity index (χ0) is 17.0. The molecule has 1 aromatic heterocycles. The molecular formula is C16H15F3N2O2. The van der Waals surface area contributed by atoms with Crippen molar-refractivity contribution in [3.8, 4) is 0 Å². The van der Waals surface area contributed by atoms with E-state index in [1.807, 2.05) is 31.2 Å². The Bertz CT molecular complexity index is 749. The van der Waals surface area contributed by atoms with E-state index >= 15 is 0 Å². The molecule has 0 aliphatic rings. The molecule has 1 amide bonds. The predicted molar refractivity (Wildman–Crippen MR) is 78.7 cm³/mol. The lowest BCUT2D eigenvalue weighted by atomic mass is 10.1. The van der Waals surface area contributed by atoms with Gasteiger partial charge in [-0.25, -0.2) is 0 Å². The molecule has 7 heteroatoms. The average molecular weight is 324 g/mol. The molecule has 0 radical (unpaired) electrons. The van der Waals surface area contributed by atoms with Crippen molar-refractivity contribution in [2.24, 2.45) is 0 Å². The van der Waals surface area contributed by atoms with Gasteiger partial charge in [-0.05, 0) is 24.6 Å². The second-order valence-corrected chi connectivity index (χ2v) is 5.12. The number of carbonyl (C=O) groups is 1. The van der Waals surface area contributed by atoms with Gasteiger partial charge in [0.05, 0.1) is 0 Å². The maximum Gasteiger partial charge on any atom is 0.421 e. The number of pyridine rings is 1. The Balaban J connectivity index is 2.03. The van der Waals surface area contributed by atoms with Gasteiger partial charge in [0.25, 0.3) is 5.56 Å². The van der Waals surface area contributed by atoms with E-state index in [2.05, 4.69) is 5.32 Å². The Morgan fingerprint density at radius 3 is 2.43 bits per heavy atom. The van der Waals surface area contributed by atoms with E-state index in [0.717, 1.165) is 28.0 Å². The molecule has 0 fully saturated rings. The van der Waals surface area contributed by atoms with E-state index in [-0.39, 0.29) is 6.54 Å². The number of benzene rings is 1. The number of amides is 1. The molecule has 122 valence electrons. The summed E-state index contributed by atoms with van der Waals surface area (Å²) in [6.07, 6.45) is -3.58. The summed E-state index contributed by atoms with van der Waals surface area (Å²) in [6, 6.07) is 9.25. The van der Waals surface area contributed by atoms with Crippen LogP contribution in [0.5, 0.6) is 0 Å². The van der Waals surface area contributed by atoms with Gasteiger partial charge >= 0.3 is 6.18 Å². The first-order valence-corrected chi connectivity index (χ1v) is 6.86. The monoisotopic (exact) mass is 324 g/mol. The minimum absolute atomic E-state index is 0.243. The van der Waals surface area contributed by atoms with Crippen LogP contribution in [0.15, 0.2) is 47.4 Å². The number of aryl methyl sites for hydroxylation is 1. The third-order valence-electron chi connectivity index (χ3n) is 3.25. The highest BCUT2D eigenvalue weighted by atomic mass is 19.4. The largest absolute Gasteiger partial charge is 0.421 e. The number of aromatic nitrogens is 1. The first-order chi connectivity index (χ1) is 10.8. The van der Waals surface area contributed by atoms with Gasteiger partial charge in [-0.3, -0.25) is 9.59 Å². The van der Waals surface area contributed by atoms with E-state index in [4.69, 9.17) is 0 Å². The van der Waals surface area contributed by atoms with Crippen LogP contribution in [-0.4, -0.2) is 10.5 Å². The Morgan fingerprint density at radius 2 is 1.83 bits per heavy atom. The van der Waals surface area contributed by atoms with Gasteiger partial charge < -0.3 is 9.88 Å². The molecule has 0 saturated carbocycles. The third kappa shape index (κ3) is 4.45. The molecule has 4 nitrogen and oxygen atoms in total. The summed E-state index contributed by atoms with van der Waals surface area (Å²) >= 11 is 0. The van der Waals surface area contributed by atoms with Crippen molar-refractivity contribution in [2.45, 2.75) is 26.2 Å². The van der Waals surface area contributed by atoms with E-state index in [1.165, 1.54) is 0 Å². The number of halogens is 3. The summed E-state index contributed by atoms with van der Waals surface area (Å²) in [5.41, 5.74) is -0.576. The number of alkyl halides is 3. The van der Waals surface area contributed by atoms with Crippen LogP contribution in [0, 0.1) is 6.92 Å². The Hall–Kier alpha value is -2.57. The van der Waals surface area contributed by atoms with Gasteiger partial charge in [0, 0.05) is 12.7 Å². The number of rotatable bonds is 4. The zero-order valence-electron chi connectivity index (χ0n) is 12.4. The summed E-state index contributed by atoms with van der Waals surface area (Å²) < 4.78 is 38.7. The van der Waals surface area contributed by atoms with Gasteiger partial charge in [0.15, 0.2) is 0 Å². The summed E-state index contributed by atoms with van der Waals surface area (Å²) in [5.74, 6) is -0.535. The minimum Gasteiger partial charge on any atom is -0.350 e. The molecule has 0 spiro atoms. The highest BCUT2D eigenvalue weighted by Crippen LogP contribution is 2.25. The maximum absolute atomic E-state index is 12.7.